The second-order valence-corrected chi connectivity index (χ2v) is 12.5. The van der Waals surface area contributed by atoms with Gasteiger partial charge < -0.3 is 10.2 Å². The van der Waals surface area contributed by atoms with E-state index in [9.17, 15) is 18.0 Å². The molecule has 3 rings (SSSR count). The summed E-state index contributed by atoms with van der Waals surface area (Å²) >= 11 is 0. The molecule has 3 aromatic carbocycles. The van der Waals surface area contributed by atoms with Crippen LogP contribution in [0.2, 0.25) is 0 Å². The Morgan fingerprint density at radius 3 is 1.85 bits per heavy atom. The van der Waals surface area contributed by atoms with Crippen molar-refractivity contribution in [3.63, 3.8) is 0 Å². The molecule has 0 aliphatic carbocycles. The molecule has 2 amide bonds. The summed E-state index contributed by atoms with van der Waals surface area (Å²) in [6.07, 6.45) is 0.750. The smallest absolute Gasteiger partial charge is 0.264 e. The summed E-state index contributed by atoms with van der Waals surface area (Å²) in [6.45, 7) is 12.9. The zero-order valence-corrected chi connectivity index (χ0v) is 25.4. The molecular weight excluding hydrogens is 522 g/mol. The van der Waals surface area contributed by atoms with E-state index in [1.165, 1.54) is 4.90 Å². The van der Waals surface area contributed by atoms with Crippen LogP contribution in [0.1, 0.15) is 55.0 Å². The van der Waals surface area contributed by atoms with Gasteiger partial charge in [0.05, 0.1) is 10.6 Å². The summed E-state index contributed by atoms with van der Waals surface area (Å²) in [7, 11) is -4.10. The van der Waals surface area contributed by atoms with E-state index >= 15 is 0 Å². The molecule has 0 aromatic heterocycles. The van der Waals surface area contributed by atoms with Crippen LogP contribution in [0.15, 0.2) is 71.6 Å². The van der Waals surface area contributed by atoms with Crippen LogP contribution in [0.4, 0.5) is 5.69 Å². The van der Waals surface area contributed by atoms with Crippen molar-refractivity contribution in [2.75, 3.05) is 10.8 Å². The van der Waals surface area contributed by atoms with E-state index in [1.807, 2.05) is 71.9 Å². The quantitative estimate of drug-likeness (QED) is 0.336. The summed E-state index contributed by atoms with van der Waals surface area (Å²) in [5.74, 6) is -0.753. The van der Waals surface area contributed by atoms with Crippen molar-refractivity contribution in [2.24, 2.45) is 0 Å². The van der Waals surface area contributed by atoms with E-state index in [0.29, 0.717) is 5.69 Å². The van der Waals surface area contributed by atoms with Crippen LogP contribution >= 0.6 is 0 Å². The Hall–Kier alpha value is -3.65. The molecule has 3 aromatic rings. The first kappa shape index (κ1) is 30.9. The monoisotopic (exact) mass is 563 g/mol. The molecule has 0 radical (unpaired) electrons. The molecule has 0 aliphatic rings. The highest BCUT2D eigenvalue weighted by atomic mass is 32.2. The van der Waals surface area contributed by atoms with Gasteiger partial charge in [-0.1, -0.05) is 60.5 Å². The fraction of sp³-hybridized carbons (Fsp3) is 0.375. The molecule has 0 spiro atoms. The number of nitrogens with one attached hydrogen (secondary N) is 1. The minimum atomic E-state index is -4.10. The lowest BCUT2D eigenvalue weighted by molar-refractivity contribution is -0.139. The van der Waals surface area contributed by atoms with Crippen LogP contribution in [0, 0.1) is 27.7 Å². The van der Waals surface area contributed by atoms with Gasteiger partial charge in [0.2, 0.25) is 11.8 Å². The van der Waals surface area contributed by atoms with Crippen molar-refractivity contribution in [2.45, 2.75) is 78.4 Å². The van der Waals surface area contributed by atoms with Gasteiger partial charge in [0.1, 0.15) is 12.6 Å². The van der Waals surface area contributed by atoms with E-state index in [-0.39, 0.29) is 23.4 Å². The number of sulfonamides is 1. The highest BCUT2D eigenvalue weighted by Gasteiger charge is 2.33. The van der Waals surface area contributed by atoms with E-state index < -0.39 is 28.5 Å². The number of carbonyl (C=O) groups is 2. The van der Waals surface area contributed by atoms with Crippen LogP contribution in [-0.2, 0) is 26.2 Å². The predicted molar refractivity (Wildman–Crippen MR) is 161 cm³/mol. The summed E-state index contributed by atoms with van der Waals surface area (Å²) in [5.41, 5.74) is 5.02. The number of amides is 2. The first-order valence-corrected chi connectivity index (χ1v) is 15.1. The lowest BCUT2D eigenvalue weighted by Crippen LogP contribution is -2.52. The second-order valence-electron chi connectivity index (χ2n) is 10.7. The van der Waals surface area contributed by atoms with Gasteiger partial charge in [-0.25, -0.2) is 8.42 Å². The molecule has 0 unspecified atom stereocenters. The minimum absolute atomic E-state index is 0.0556. The SMILES string of the molecule is CC[C@H](C)NC(=O)[C@H](C)N(Cc1ccc(C)cc1)C(=O)CN(c1cc(C)cc(C)c1)S(=O)(=O)c1ccc(C)cc1. The average molecular weight is 564 g/mol. The number of aryl methyl sites for hydroxylation is 4. The normalized spacial score (nSPS) is 12.9. The highest BCUT2D eigenvalue weighted by molar-refractivity contribution is 7.92. The van der Waals surface area contributed by atoms with E-state index in [4.69, 9.17) is 0 Å². The number of benzene rings is 3. The van der Waals surface area contributed by atoms with Crippen LogP contribution in [-0.4, -0.2) is 43.8 Å². The Morgan fingerprint density at radius 2 is 1.32 bits per heavy atom. The average Bonchev–Trinajstić information content (AvgIpc) is 2.90. The molecular formula is C32H41N3O4S. The Bertz CT molecular complexity index is 1410. The largest absolute Gasteiger partial charge is 0.352 e. The molecule has 8 heteroatoms. The fourth-order valence-corrected chi connectivity index (χ4v) is 5.80. The van der Waals surface area contributed by atoms with Gasteiger partial charge in [-0.2, -0.15) is 0 Å². The molecule has 0 saturated carbocycles. The van der Waals surface area contributed by atoms with Crippen molar-refractivity contribution >= 4 is 27.5 Å². The van der Waals surface area contributed by atoms with Crippen molar-refractivity contribution in [1.29, 1.82) is 0 Å². The molecule has 0 fully saturated rings. The molecule has 0 bridgehead atoms. The lowest BCUT2D eigenvalue weighted by atomic mass is 10.1. The van der Waals surface area contributed by atoms with Crippen LogP contribution in [0.5, 0.6) is 0 Å². The Labute approximate surface area is 239 Å². The Balaban J connectivity index is 2.05. The summed E-state index contributed by atoms with van der Waals surface area (Å²) in [5, 5.41) is 2.96. The number of nitrogens with zero attached hydrogens (tertiary/aromatic N) is 2. The minimum Gasteiger partial charge on any atom is -0.352 e. The molecule has 0 saturated heterocycles. The molecule has 7 nitrogen and oxygen atoms in total. The van der Waals surface area contributed by atoms with Gasteiger partial charge in [-0.05, 0) is 88.9 Å². The fourth-order valence-electron chi connectivity index (χ4n) is 4.40. The van der Waals surface area contributed by atoms with Crippen molar-refractivity contribution in [1.82, 2.24) is 10.2 Å². The maximum Gasteiger partial charge on any atom is 0.264 e. The first-order valence-electron chi connectivity index (χ1n) is 13.6. The predicted octanol–water partition coefficient (Wildman–Crippen LogP) is 5.45. The number of rotatable bonds is 11. The van der Waals surface area contributed by atoms with Gasteiger partial charge in [0, 0.05) is 12.6 Å². The summed E-state index contributed by atoms with van der Waals surface area (Å²) in [6, 6.07) is 18.9. The highest BCUT2D eigenvalue weighted by Crippen LogP contribution is 2.27. The van der Waals surface area contributed by atoms with E-state index in [0.717, 1.165) is 38.5 Å². The maximum absolute atomic E-state index is 14.0. The van der Waals surface area contributed by atoms with Crippen molar-refractivity contribution in [3.05, 3.63) is 94.5 Å². The first-order chi connectivity index (χ1) is 18.8. The van der Waals surface area contributed by atoms with Gasteiger partial charge in [-0.3, -0.25) is 13.9 Å². The van der Waals surface area contributed by atoms with E-state index in [2.05, 4.69) is 5.32 Å². The maximum atomic E-state index is 14.0. The molecule has 0 aliphatic heterocycles. The van der Waals surface area contributed by atoms with E-state index in [1.54, 1.807) is 43.3 Å². The topological polar surface area (TPSA) is 86.8 Å². The number of carbonyl (C=O) groups excluding carboxylic acids is 2. The summed E-state index contributed by atoms with van der Waals surface area (Å²) in [4.78, 5) is 28.8. The molecule has 214 valence electrons. The van der Waals surface area contributed by atoms with Crippen molar-refractivity contribution < 1.29 is 18.0 Å². The van der Waals surface area contributed by atoms with Crippen LogP contribution in [0.25, 0.3) is 0 Å². The van der Waals surface area contributed by atoms with Crippen molar-refractivity contribution in [3.8, 4) is 0 Å². The molecule has 1 N–H and O–H groups in total. The molecule has 2 atom stereocenters. The third kappa shape index (κ3) is 7.72. The number of hydrogen-bond donors (Lipinski definition) is 1. The zero-order chi connectivity index (χ0) is 29.6. The third-order valence-corrected chi connectivity index (χ3v) is 8.81. The Morgan fingerprint density at radius 1 is 0.800 bits per heavy atom. The lowest BCUT2D eigenvalue weighted by Gasteiger charge is -2.32. The third-order valence-electron chi connectivity index (χ3n) is 7.02. The number of hydrogen-bond acceptors (Lipinski definition) is 4. The van der Waals surface area contributed by atoms with Gasteiger partial charge in [-0.15, -0.1) is 0 Å². The van der Waals surface area contributed by atoms with Gasteiger partial charge in [0.25, 0.3) is 10.0 Å². The van der Waals surface area contributed by atoms with Gasteiger partial charge in [0.15, 0.2) is 0 Å². The Kier molecular flexibility index (Phi) is 10.1. The molecule has 40 heavy (non-hydrogen) atoms. The number of anilines is 1. The van der Waals surface area contributed by atoms with Gasteiger partial charge >= 0.3 is 0 Å². The van der Waals surface area contributed by atoms with Crippen LogP contribution < -0.4 is 9.62 Å². The second kappa shape index (κ2) is 13.1. The van der Waals surface area contributed by atoms with Crippen LogP contribution in [0.3, 0.4) is 0 Å². The molecule has 0 heterocycles. The summed E-state index contributed by atoms with van der Waals surface area (Å²) < 4.78 is 29.1. The standard InChI is InChI=1S/C32H41N3O4S/c1-8-26(6)33-32(37)27(7)34(20-28-13-9-22(2)10-14-28)31(36)21-35(29-18-24(4)17-25(5)19-29)40(38,39)30-15-11-23(3)12-16-30/h9-19,26-27H,8,20-21H2,1-7H3,(H,33,37)/t26-,27-/m0/s1. The zero-order valence-electron chi connectivity index (χ0n) is 24.6.